The first kappa shape index (κ1) is 14.8. The Morgan fingerprint density at radius 2 is 2.22 bits per heavy atom. The number of ether oxygens (including phenoxy) is 1. The van der Waals surface area contributed by atoms with Gasteiger partial charge in [-0.1, -0.05) is 24.6 Å². The van der Waals surface area contributed by atoms with Crippen LogP contribution in [0.1, 0.15) is 31.9 Å². The molecule has 0 aliphatic heterocycles. The summed E-state index contributed by atoms with van der Waals surface area (Å²) in [5.41, 5.74) is 0.685. The average molecular weight is 272 g/mol. The summed E-state index contributed by atoms with van der Waals surface area (Å²) in [4.78, 5) is 11.9. The monoisotopic (exact) mass is 271 g/mol. The fourth-order valence-electron chi connectivity index (χ4n) is 1.55. The second-order valence-electron chi connectivity index (χ2n) is 3.85. The van der Waals surface area contributed by atoms with Gasteiger partial charge in [0.2, 0.25) is 0 Å². The summed E-state index contributed by atoms with van der Waals surface area (Å²) in [7, 11) is 0. The van der Waals surface area contributed by atoms with Crippen molar-refractivity contribution < 1.29 is 14.6 Å². The number of phenols is 1. The van der Waals surface area contributed by atoms with E-state index in [4.69, 9.17) is 16.3 Å². The Labute approximate surface area is 112 Å². The number of aromatic hydroxyl groups is 1. The van der Waals surface area contributed by atoms with E-state index in [9.17, 15) is 9.90 Å². The summed E-state index contributed by atoms with van der Waals surface area (Å²) in [6.45, 7) is 4.80. The molecular weight excluding hydrogens is 254 g/mol. The van der Waals surface area contributed by atoms with Gasteiger partial charge in [0.25, 0.3) is 0 Å². The zero-order valence-corrected chi connectivity index (χ0v) is 11.3. The van der Waals surface area contributed by atoms with Gasteiger partial charge in [0.15, 0.2) is 0 Å². The smallest absolute Gasteiger partial charge is 0.327 e. The molecule has 2 N–H and O–H groups in total. The van der Waals surface area contributed by atoms with Crippen molar-refractivity contribution in [2.45, 2.75) is 26.3 Å². The Morgan fingerprint density at radius 3 is 2.78 bits per heavy atom. The molecule has 1 atom stereocenters. The number of carbonyl (C=O) groups excluding carboxylic acids is 1. The molecule has 100 valence electrons. The third-order valence-corrected chi connectivity index (χ3v) is 2.73. The van der Waals surface area contributed by atoms with Crippen molar-refractivity contribution >= 4 is 17.6 Å². The highest BCUT2D eigenvalue weighted by atomic mass is 35.5. The first-order chi connectivity index (χ1) is 8.60. The fraction of sp³-hybridized carbons (Fsp3) is 0.462. The lowest BCUT2D eigenvalue weighted by molar-refractivity contribution is -0.145. The molecule has 0 heterocycles. The molecule has 0 spiro atoms. The topological polar surface area (TPSA) is 58.6 Å². The van der Waals surface area contributed by atoms with Crippen molar-refractivity contribution in [1.29, 1.82) is 0 Å². The molecule has 5 heteroatoms. The van der Waals surface area contributed by atoms with E-state index in [0.717, 1.165) is 6.42 Å². The largest absolute Gasteiger partial charge is 0.506 e. The van der Waals surface area contributed by atoms with Gasteiger partial charge in [-0.05, 0) is 37.6 Å². The summed E-state index contributed by atoms with van der Waals surface area (Å²) in [5.74, 6) is -0.341. The molecule has 0 fully saturated rings. The van der Waals surface area contributed by atoms with E-state index in [1.807, 2.05) is 6.92 Å². The Kier molecular flexibility index (Phi) is 5.95. The number of esters is 1. The Balaban J connectivity index is 2.93. The van der Waals surface area contributed by atoms with Gasteiger partial charge in [-0.3, -0.25) is 0 Å². The first-order valence-corrected chi connectivity index (χ1v) is 6.36. The van der Waals surface area contributed by atoms with Gasteiger partial charge in [0.1, 0.15) is 11.8 Å². The summed E-state index contributed by atoms with van der Waals surface area (Å²) in [6.07, 6.45) is 0.904. The minimum absolute atomic E-state index is 0.00137. The van der Waals surface area contributed by atoms with Crippen LogP contribution in [0.15, 0.2) is 18.2 Å². The van der Waals surface area contributed by atoms with Gasteiger partial charge in [-0.2, -0.15) is 0 Å². The molecule has 0 aromatic heterocycles. The van der Waals surface area contributed by atoms with Gasteiger partial charge < -0.3 is 15.2 Å². The molecule has 4 nitrogen and oxygen atoms in total. The Bertz CT molecular complexity index is 409. The van der Waals surface area contributed by atoms with Crippen LogP contribution >= 0.6 is 11.6 Å². The zero-order valence-electron chi connectivity index (χ0n) is 10.6. The third kappa shape index (κ3) is 3.89. The third-order valence-electron chi connectivity index (χ3n) is 2.43. The molecule has 18 heavy (non-hydrogen) atoms. The minimum atomic E-state index is -0.553. The standard InChI is InChI=1S/C13H18ClNO3/c1-3-7-15-12(13(17)18-4-2)9-5-6-11(16)10(14)8-9/h5-6,8,12,15-16H,3-4,7H2,1-2H3. The van der Waals surface area contributed by atoms with Crippen LogP contribution in [0.4, 0.5) is 0 Å². The van der Waals surface area contributed by atoms with Crippen LogP contribution in [0, 0.1) is 0 Å². The number of carbonyl (C=O) groups is 1. The highest BCUT2D eigenvalue weighted by Gasteiger charge is 2.21. The number of hydrogen-bond acceptors (Lipinski definition) is 4. The average Bonchev–Trinajstić information content (AvgIpc) is 2.34. The number of nitrogens with one attached hydrogen (secondary N) is 1. The highest BCUT2D eigenvalue weighted by molar-refractivity contribution is 6.32. The van der Waals surface area contributed by atoms with E-state index < -0.39 is 6.04 Å². The molecule has 0 saturated heterocycles. The van der Waals surface area contributed by atoms with Gasteiger partial charge in [0, 0.05) is 0 Å². The van der Waals surface area contributed by atoms with E-state index in [1.54, 1.807) is 19.1 Å². The summed E-state index contributed by atoms with van der Waals surface area (Å²) < 4.78 is 5.02. The van der Waals surface area contributed by atoms with Crippen molar-refractivity contribution in [3.63, 3.8) is 0 Å². The van der Waals surface area contributed by atoms with Crippen LogP contribution in [-0.2, 0) is 9.53 Å². The summed E-state index contributed by atoms with van der Waals surface area (Å²) in [6, 6.07) is 4.15. The molecule has 0 amide bonds. The lowest BCUT2D eigenvalue weighted by Gasteiger charge is -2.17. The fourth-order valence-corrected chi connectivity index (χ4v) is 1.74. The molecule has 0 aliphatic carbocycles. The van der Waals surface area contributed by atoms with E-state index in [2.05, 4.69) is 5.32 Å². The van der Waals surface area contributed by atoms with Crippen molar-refractivity contribution in [2.24, 2.45) is 0 Å². The van der Waals surface area contributed by atoms with Crippen LogP contribution in [0.25, 0.3) is 0 Å². The number of phenolic OH excluding ortho intramolecular Hbond substituents is 1. The quantitative estimate of drug-likeness (QED) is 0.781. The van der Waals surface area contributed by atoms with Gasteiger partial charge >= 0.3 is 5.97 Å². The van der Waals surface area contributed by atoms with Crippen LogP contribution in [0.2, 0.25) is 5.02 Å². The first-order valence-electron chi connectivity index (χ1n) is 5.98. The van der Waals surface area contributed by atoms with Gasteiger partial charge in [-0.25, -0.2) is 4.79 Å². The predicted octanol–water partition coefficient (Wildman–Crippen LogP) is 2.65. The lowest BCUT2D eigenvalue weighted by Crippen LogP contribution is -2.30. The SMILES string of the molecule is CCCNC(C(=O)OCC)c1ccc(O)c(Cl)c1. The van der Waals surface area contributed by atoms with Crippen molar-refractivity contribution in [2.75, 3.05) is 13.2 Å². The van der Waals surface area contributed by atoms with Gasteiger partial charge in [0.05, 0.1) is 11.6 Å². The van der Waals surface area contributed by atoms with Crippen LogP contribution in [0.3, 0.4) is 0 Å². The van der Waals surface area contributed by atoms with Crippen molar-refractivity contribution in [3.05, 3.63) is 28.8 Å². The second kappa shape index (κ2) is 7.24. The molecular formula is C13H18ClNO3. The molecule has 1 unspecified atom stereocenters. The van der Waals surface area contributed by atoms with Crippen molar-refractivity contribution in [3.8, 4) is 5.75 Å². The Hall–Kier alpha value is -1.26. The molecule has 0 saturated carbocycles. The van der Waals surface area contributed by atoms with Gasteiger partial charge in [-0.15, -0.1) is 0 Å². The second-order valence-corrected chi connectivity index (χ2v) is 4.26. The molecule has 1 aromatic rings. The highest BCUT2D eigenvalue weighted by Crippen LogP contribution is 2.27. The van der Waals surface area contributed by atoms with Crippen LogP contribution < -0.4 is 5.32 Å². The number of halogens is 1. The predicted molar refractivity (Wildman–Crippen MR) is 70.8 cm³/mol. The zero-order chi connectivity index (χ0) is 13.5. The van der Waals surface area contributed by atoms with E-state index in [0.29, 0.717) is 18.7 Å². The van der Waals surface area contributed by atoms with Crippen LogP contribution in [-0.4, -0.2) is 24.2 Å². The lowest BCUT2D eigenvalue weighted by atomic mass is 10.1. The molecule has 0 radical (unpaired) electrons. The summed E-state index contributed by atoms with van der Waals surface area (Å²) >= 11 is 5.84. The van der Waals surface area contributed by atoms with Crippen LogP contribution in [0.5, 0.6) is 5.75 Å². The molecule has 1 aromatic carbocycles. The molecule has 1 rings (SSSR count). The summed E-state index contributed by atoms with van der Waals surface area (Å²) in [5, 5.41) is 12.7. The Morgan fingerprint density at radius 1 is 1.50 bits per heavy atom. The molecule has 0 bridgehead atoms. The normalized spacial score (nSPS) is 12.2. The number of benzene rings is 1. The van der Waals surface area contributed by atoms with E-state index in [1.165, 1.54) is 6.07 Å². The van der Waals surface area contributed by atoms with Crippen molar-refractivity contribution in [1.82, 2.24) is 5.32 Å². The maximum absolute atomic E-state index is 11.9. The minimum Gasteiger partial charge on any atom is -0.506 e. The maximum Gasteiger partial charge on any atom is 0.327 e. The maximum atomic E-state index is 11.9. The molecule has 0 aliphatic rings. The number of rotatable bonds is 6. The van der Waals surface area contributed by atoms with E-state index in [-0.39, 0.29) is 16.7 Å². The van der Waals surface area contributed by atoms with E-state index >= 15 is 0 Å². The number of hydrogen-bond donors (Lipinski definition) is 2.